The van der Waals surface area contributed by atoms with Crippen LogP contribution in [0, 0.1) is 10.1 Å². The van der Waals surface area contributed by atoms with Crippen LogP contribution in [0.2, 0.25) is 0 Å². The molecule has 1 aliphatic heterocycles. The lowest BCUT2D eigenvalue weighted by molar-refractivity contribution is -0.402. The number of nitrogens with one attached hydrogen (secondary N) is 1. The van der Waals surface area contributed by atoms with Gasteiger partial charge in [-0.1, -0.05) is 30.3 Å². The Morgan fingerprint density at radius 3 is 2.76 bits per heavy atom. The molecular formula is C15H13N3O7. The number of ether oxygens (including phenoxy) is 1. The van der Waals surface area contributed by atoms with Crippen molar-refractivity contribution in [1.82, 2.24) is 10.4 Å². The Morgan fingerprint density at radius 2 is 2.08 bits per heavy atom. The molecule has 0 saturated carbocycles. The van der Waals surface area contributed by atoms with Crippen molar-refractivity contribution in [2.24, 2.45) is 0 Å². The molecule has 1 aromatic heterocycles. The quantitative estimate of drug-likeness (QED) is 0.661. The fourth-order valence-corrected chi connectivity index (χ4v) is 2.17. The molecule has 3 rings (SSSR count). The first-order chi connectivity index (χ1) is 12.0. The number of carbonyl (C=O) groups is 2. The van der Waals surface area contributed by atoms with E-state index in [4.69, 9.17) is 14.0 Å². The fraction of sp³-hybridized carbons (Fsp3) is 0.200. The van der Waals surface area contributed by atoms with Crippen LogP contribution in [0.4, 0.5) is 10.7 Å². The molecule has 130 valence electrons. The zero-order valence-electron chi connectivity index (χ0n) is 12.8. The van der Waals surface area contributed by atoms with Crippen LogP contribution in [0.1, 0.15) is 17.5 Å². The zero-order chi connectivity index (χ0) is 17.8. The van der Waals surface area contributed by atoms with Crippen molar-refractivity contribution in [3.63, 3.8) is 0 Å². The molecule has 1 unspecified atom stereocenters. The first kappa shape index (κ1) is 16.5. The molecule has 1 fully saturated rings. The van der Waals surface area contributed by atoms with Gasteiger partial charge in [-0.25, -0.2) is 4.79 Å². The zero-order valence-corrected chi connectivity index (χ0v) is 12.8. The highest BCUT2D eigenvalue weighted by Crippen LogP contribution is 2.27. The van der Waals surface area contributed by atoms with Gasteiger partial charge in [0.2, 0.25) is 0 Å². The number of nitrogens with zero attached hydrogens (tertiary/aromatic N) is 2. The Balaban J connectivity index is 1.73. The molecule has 1 saturated heterocycles. The molecule has 10 nitrogen and oxygen atoms in total. The molecule has 1 atom stereocenters. The number of benzene rings is 1. The second-order valence-corrected chi connectivity index (χ2v) is 5.04. The van der Waals surface area contributed by atoms with Crippen molar-refractivity contribution in [1.29, 1.82) is 0 Å². The summed E-state index contributed by atoms with van der Waals surface area (Å²) in [6.45, 7) is -0.391. The van der Waals surface area contributed by atoms with Gasteiger partial charge in [0.1, 0.15) is 11.5 Å². The molecule has 1 aromatic carbocycles. The lowest BCUT2D eigenvalue weighted by Crippen LogP contribution is -2.51. The summed E-state index contributed by atoms with van der Waals surface area (Å²) in [7, 11) is 0. The number of hydrogen-bond acceptors (Lipinski definition) is 7. The number of carbonyl (C=O) groups excluding carboxylic acids is 2. The summed E-state index contributed by atoms with van der Waals surface area (Å²) in [6, 6.07) is 11.4. The van der Waals surface area contributed by atoms with E-state index in [-0.39, 0.29) is 19.0 Å². The maximum atomic E-state index is 12.3. The second-order valence-electron chi connectivity index (χ2n) is 5.04. The topological polar surface area (TPSA) is 124 Å². The Labute approximate surface area is 141 Å². The molecule has 25 heavy (non-hydrogen) atoms. The van der Waals surface area contributed by atoms with Crippen LogP contribution in [0.3, 0.4) is 0 Å². The highest BCUT2D eigenvalue weighted by Gasteiger charge is 2.36. The standard InChI is InChI=1S/C15H13N3O7/c19-12-9-24-17(15(20)23-8-10-4-2-1-3-5-10)14(16-12)11-6-7-13(25-11)18(21)22/h1-7,14H,8-9H2,(H,16,19). The van der Waals surface area contributed by atoms with E-state index in [9.17, 15) is 19.7 Å². The van der Waals surface area contributed by atoms with Gasteiger partial charge in [-0.05, 0) is 11.6 Å². The maximum Gasteiger partial charge on any atom is 0.436 e. The van der Waals surface area contributed by atoms with E-state index in [1.807, 2.05) is 6.07 Å². The number of rotatable bonds is 4. The average molecular weight is 347 g/mol. The van der Waals surface area contributed by atoms with Gasteiger partial charge in [-0.2, -0.15) is 5.06 Å². The molecule has 0 spiro atoms. The van der Waals surface area contributed by atoms with Crippen LogP contribution < -0.4 is 5.32 Å². The summed E-state index contributed by atoms with van der Waals surface area (Å²) in [5.74, 6) is -1.06. The van der Waals surface area contributed by atoms with Crippen LogP contribution in [0.5, 0.6) is 0 Å². The summed E-state index contributed by atoms with van der Waals surface area (Å²) >= 11 is 0. The first-order valence-corrected chi connectivity index (χ1v) is 7.21. The van der Waals surface area contributed by atoms with E-state index in [0.29, 0.717) is 0 Å². The third-order valence-corrected chi connectivity index (χ3v) is 3.31. The Bertz CT molecular complexity index is 789. The van der Waals surface area contributed by atoms with Gasteiger partial charge in [0.05, 0.1) is 6.07 Å². The second kappa shape index (κ2) is 7.01. The SMILES string of the molecule is O=C1CON(C(=O)OCc2ccccc2)C(c2ccc([N+](=O)[O-])o2)N1. The molecule has 2 aromatic rings. The molecular weight excluding hydrogens is 334 g/mol. The van der Waals surface area contributed by atoms with Gasteiger partial charge in [0.15, 0.2) is 18.5 Å². The summed E-state index contributed by atoms with van der Waals surface area (Å²) in [4.78, 5) is 38.9. The van der Waals surface area contributed by atoms with Crippen molar-refractivity contribution in [2.45, 2.75) is 12.8 Å². The third kappa shape index (κ3) is 3.75. The van der Waals surface area contributed by atoms with E-state index < -0.39 is 29.0 Å². The summed E-state index contributed by atoms with van der Waals surface area (Å²) in [5, 5.41) is 14.0. The Morgan fingerprint density at radius 1 is 1.32 bits per heavy atom. The Kier molecular flexibility index (Phi) is 4.61. The third-order valence-electron chi connectivity index (χ3n) is 3.31. The van der Waals surface area contributed by atoms with Crippen LogP contribution in [-0.4, -0.2) is 28.6 Å². The average Bonchev–Trinajstić information content (AvgIpc) is 3.11. The summed E-state index contributed by atoms with van der Waals surface area (Å²) in [5.41, 5.74) is 0.766. The van der Waals surface area contributed by atoms with Crippen LogP contribution in [0.25, 0.3) is 0 Å². The highest BCUT2D eigenvalue weighted by atomic mass is 16.7. The van der Waals surface area contributed by atoms with Gasteiger partial charge < -0.3 is 14.5 Å². The van der Waals surface area contributed by atoms with Crippen molar-refractivity contribution < 1.29 is 28.5 Å². The van der Waals surface area contributed by atoms with Crippen molar-refractivity contribution in [3.8, 4) is 0 Å². The molecule has 2 heterocycles. The highest BCUT2D eigenvalue weighted by molar-refractivity contribution is 5.79. The predicted molar refractivity (Wildman–Crippen MR) is 80.7 cm³/mol. The van der Waals surface area contributed by atoms with Gasteiger partial charge >= 0.3 is 12.0 Å². The van der Waals surface area contributed by atoms with Gasteiger partial charge in [-0.15, -0.1) is 0 Å². The number of furan rings is 1. The van der Waals surface area contributed by atoms with E-state index in [1.165, 1.54) is 6.07 Å². The largest absolute Gasteiger partial charge is 0.443 e. The number of nitro groups is 1. The fourth-order valence-electron chi connectivity index (χ4n) is 2.17. The molecule has 0 aliphatic carbocycles. The smallest absolute Gasteiger partial charge is 0.436 e. The molecule has 1 aliphatic rings. The van der Waals surface area contributed by atoms with Crippen molar-refractivity contribution >= 4 is 17.9 Å². The van der Waals surface area contributed by atoms with Crippen molar-refractivity contribution in [2.75, 3.05) is 6.61 Å². The molecule has 1 N–H and O–H groups in total. The number of hydroxylamine groups is 2. The molecule has 10 heteroatoms. The monoisotopic (exact) mass is 347 g/mol. The van der Waals surface area contributed by atoms with Crippen LogP contribution in [-0.2, 0) is 21.0 Å². The van der Waals surface area contributed by atoms with E-state index >= 15 is 0 Å². The van der Waals surface area contributed by atoms with Gasteiger partial charge in [0, 0.05) is 0 Å². The molecule has 0 bridgehead atoms. The van der Waals surface area contributed by atoms with Gasteiger partial charge in [0.25, 0.3) is 5.91 Å². The predicted octanol–water partition coefficient (Wildman–Crippen LogP) is 1.89. The number of hydrogen-bond donors (Lipinski definition) is 1. The van der Waals surface area contributed by atoms with Gasteiger partial charge in [-0.3, -0.25) is 19.7 Å². The minimum absolute atomic E-state index is 0.00149. The van der Waals surface area contributed by atoms with E-state index in [1.54, 1.807) is 24.3 Å². The summed E-state index contributed by atoms with van der Waals surface area (Å²) in [6.07, 6.45) is -2.04. The summed E-state index contributed by atoms with van der Waals surface area (Å²) < 4.78 is 10.2. The lowest BCUT2D eigenvalue weighted by Gasteiger charge is -2.32. The maximum absolute atomic E-state index is 12.3. The first-order valence-electron chi connectivity index (χ1n) is 7.21. The van der Waals surface area contributed by atoms with Crippen LogP contribution >= 0.6 is 0 Å². The molecule has 2 amide bonds. The minimum Gasteiger partial charge on any atom is -0.443 e. The number of amides is 2. The van der Waals surface area contributed by atoms with Crippen LogP contribution in [0.15, 0.2) is 46.9 Å². The normalized spacial score (nSPS) is 17.0. The lowest BCUT2D eigenvalue weighted by atomic mass is 10.2. The van der Waals surface area contributed by atoms with E-state index in [2.05, 4.69) is 5.32 Å². The Hall–Kier alpha value is -3.40. The van der Waals surface area contributed by atoms with Crippen molar-refractivity contribution in [3.05, 3.63) is 63.9 Å². The molecule has 0 radical (unpaired) electrons. The minimum atomic E-state index is -1.17. The van der Waals surface area contributed by atoms with E-state index in [0.717, 1.165) is 16.7 Å².